The number of rotatable bonds is 36. The van der Waals surface area contributed by atoms with E-state index in [0.29, 0.717) is 38.1 Å². The summed E-state index contributed by atoms with van der Waals surface area (Å²) in [5, 5.41) is 0. The molecule has 0 rings (SSSR count). The second kappa shape index (κ2) is 36.7. The summed E-state index contributed by atoms with van der Waals surface area (Å²) < 4.78 is 17.4. The lowest BCUT2D eigenvalue weighted by Gasteiger charge is -2.19. The molecule has 0 amide bonds. The highest BCUT2D eigenvalue weighted by Crippen LogP contribution is 2.19. The van der Waals surface area contributed by atoms with Gasteiger partial charge in [0.2, 0.25) is 0 Å². The van der Waals surface area contributed by atoms with Crippen molar-refractivity contribution in [3.8, 4) is 0 Å². The van der Waals surface area contributed by atoms with Crippen LogP contribution in [0.3, 0.4) is 0 Å². The third kappa shape index (κ3) is 34.4. The summed E-state index contributed by atoms with van der Waals surface area (Å²) in [5.74, 6) is 0.440. The van der Waals surface area contributed by atoms with Crippen molar-refractivity contribution < 1.29 is 23.8 Å². The standard InChI is InChI=1S/C44H79NO5/c1-7-10-21-29-40(4)38-43(46)49-35-26-19-15-13-17-24-32-42(48-37-28-34-45(5)6)33-25-18-14-16-20-27-36-50-44(47)39-41(30-22-11-8-2)31-23-12-9-3/h30,40-42H,2,7,9-10,12-21,23-29,31-39H2,1,3-6H3. The molecule has 0 aromatic carbocycles. The van der Waals surface area contributed by atoms with Gasteiger partial charge in [-0.3, -0.25) is 9.59 Å². The molecule has 0 aliphatic rings. The maximum absolute atomic E-state index is 12.4. The molecular weight excluding hydrogens is 622 g/mol. The molecule has 0 N–H and O–H groups in total. The van der Waals surface area contributed by atoms with Gasteiger partial charge in [-0.2, -0.15) is 0 Å². The quantitative estimate of drug-likeness (QED) is 0.0368. The third-order valence-electron chi connectivity index (χ3n) is 9.37. The number of unbranched alkanes of at least 4 members (excludes halogenated alkanes) is 14. The van der Waals surface area contributed by atoms with Crippen LogP contribution in [0.1, 0.15) is 181 Å². The van der Waals surface area contributed by atoms with Crippen LogP contribution in [0.4, 0.5) is 0 Å². The number of carbonyl (C=O) groups is 2. The van der Waals surface area contributed by atoms with E-state index in [1.807, 2.05) is 6.08 Å². The Balaban J connectivity index is 4.10. The van der Waals surface area contributed by atoms with Crippen LogP contribution in [0.5, 0.6) is 0 Å². The number of esters is 2. The average molecular weight is 702 g/mol. The molecule has 0 heterocycles. The first-order valence-electron chi connectivity index (χ1n) is 20.8. The molecule has 0 aromatic rings. The van der Waals surface area contributed by atoms with Gasteiger partial charge in [0.05, 0.1) is 25.7 Å². The van der Waals surface area contributed by atoms with Crippen molar-refractivity contribution in [2.45, 2.75) is 187 Å². The van der Waals surface area contributed by atoms with E-state index in [2.05, 4.69) is 63.5 Å². The van der Waals surface area contributed by atoms with Crippen LogP contribution in [-0.4, -0.2) is 63.4 Å². The highest BCUT2D eigenvalue weighted by molar-refractivity contribution is 5.70. The van der Waals surface area contributed by atoms with E-state index in [1.54, 1.807) is 0 Å². The lowest BCUT2D eigenvalue weighted by Crippen LogP contribution is -2.18. The topological polar surface area (TPSA) is 65.1 Å². The third-order valence-corrected chi connectivity index (χ3v) is 9.37. The van der Waals surface area contributed by atoms with E-state index < -0.39 is 0 Å². The predicted molar refractivity (Wildman–Crippen MR) is 210 cm³/mol. The minimum atomic E-state index is -0.111. The second-order valence-electron chi connectivity index (χ2n) is 14.8. The Kier molecular flexibility index (Phi) is 35.2. The van der Waals surface area contributed by atoms with E-state index in [4.69, 9.17) is 14.2 Å². The van der Waals surface area contributed by atoms with Crippen LogP contribution in [0.15, 0.2) is 29.8 Å². The molecule has 290 valence electrons. The van der Waals surface area contributed by atoms with Crippen LogP contribution in [0.2, 0.25) is 0 Å². The molecule has 3 unspecified atom stereocenters. The van der Waals surface area contributed by atoms with Crippen molar-refractivity contribution in [2.75, 3.05) is 40.5 Å². The van der Waals surface area contributed by atoms with Crippen LogP contribution in [0, 0.1) is 11.8 Å². The molecular formula is C44H79NO5. The van der Waals surface area contributed by atoms with Gasteiger partial charge in [-0.25, -0.2) is 0 Å². The fraction of sp³-hybridized carbons (Fsp3) is 0.841. The summed E-state index contributed by atoms with van der Waals surface area (Å²) >= 11 is 0. The van der Waals surface area contributed by atoms with Crippen molar-refractivity contribution in [1.29, 1.82) is 0 Å². The normalized spacial score (nSPS) is 12.8. The molecule has 6 heteroatoms. The summed E-state index contributed by atoms with van der Waals surface area (Å²) in [6.07, 6.45) is 29.8. The van der Waals surface area contributed by atoms with Gasteiger partial charge in [-0.1, -0.05) is 141 Å². The molecule has 0 saturated heterocycles. The van der Waals surface area contributed by atoms with Crippen LogP contribution >= 0.6 is 0 Å². The SMILES string of the molecule is C=C=C=C=CC(CCCCC)CC(=O)OCCCCCCCCC(CCCCCCCCOC(=O)CC(C)CCCCC)OCCCN(C)C. The highest BCUT2D eigenvalue weighted by Gasteiger charge is 2.13. The Morgan fingerprint density at radius 3 is 1.68 bits per heavy atom. The number of allylic oxidation sites excluding steroid dienone is 1. The van der Waals surface area contributed by atoms with Crippen molar-refractivity contribution in [1.82, 2.24) is 4.90 Å². The van der Waals surface area contributed by atoms with Gasteiger partial charge in [0, 0.05) is 13.0 Å². The molecule has 0 aromatic heterocycles. The Morgan fingerprint density at radius 2 is 1.14 bits per heavy atom. The molecule has 0 spiro atoms. The largest absolute Gasteiger partial charge is 0.466 e. The summed E-state index contributed by atoms with van der Waals surface area (Å²) in [4.78, 5) is 26.7. The van der Waals surface area contributed by atoms with Gasteiger partial charge < -0.3 is 19.1 Å². The first-order chi connectivity index (χ1) is 24.3. The fourth-order valence-electron chi connectivity index (χ4n) is 6.25. The molecule has 0 fully saturated rings. The molecule has 0 aliphatic carbocycles. The van der Waals surface area contributed by atoms with E-state index >= 15 is 0 Å². The van der Waals surface area contributed by atoms with Gasteiger partial charge in [-0.15, -0.1) is 0 Å². The zero-order valence-corrected chi connectivity index (χ0v) is 33.5. The maximum atomic E-state index is 12.4. The monoisotopic (exact) mass is 702 g/mol. The minimum Gasteiger partial charge on any atom is -0.466 e. The van der Waals surface area contributed by atoms with Gasteiger partial charge >= 0.3 is 11.9 Å². The van der Waals surface area contributed by atoms with Crippen molar-refractivity contribution in [2.24, 2.45) is 11.8 Å². The molecule has 6 nitrogen and oxygen atoms in total. The molecule has 50 heavy (non-hydrogen) atoms. The lowest BCUT2D eigenvalue weighted by molar-refractivity contribution is -0.145. The zero-order chi connectivity index (χ0) is 36.9. The minimum absolute atomic E-state index is 0.0223. The average Bonchev–Trinajstić information content (AvgIpc) is 3.08. The highest BCUT2D eigenvalue weighted by atomic mass is 16.5. The Hall–Kier alpha value is -2.06. The Labute approximate surface area is 309 Å². The summed E-state index contributed by atoms with van der Waals surface area (Å²) in [6.45, 7) is 13.1. The van der Waals surface area contributed by atoms with Crippen molar-refractivity contribution in [3.63, 3.8) is 0 Å². The number of hydrogen-bond donors (Lipinski definition) is 0. The van der Waals surface area contributed by atoms with Gasteiger partial charge in [0.25, 0.3) is 0 Å². The smallest absolute Gasteiger partial charge is 0.306 e. The molecule has 0 aliphatic heterocycles. The second-order valence-corrected chi connectivity index (χ2v) is 14.8. The van der Waals surface area contributed by atoms with E-state index in [-0.39, 0.29) is 17.9 Å². The van der Waals surface area contributed by atoms with Gasteiger partial charge in [0.15, 0.2) is 0 Å². The summed E-state index contributed by atoms with van der Waals surface area (Å²) in [6, 6.07) is 0. The number of carbonyl (C=O) groups excluding carboxylic acids is 2. The zero-order valence-electron chi connectivity index (χ0n) is 33.5. The number of nitrogens with zero attached hydrogens (tertiary/aromatic N) is 1. The van der Waals surface area contributed by atoms with E-state index in [9.17, 15) is 9.59 Å². The van der Waals surface area contributed by atoms with Gasteiger partial charge in [-0.05, 0) is 89.4 Å². The molecule has 0 saturated carbocycles. The Bertz CT molecular complexity index is 913. The molecule has 3 atom stereocenters. The van der Waals surface area contributed by atoms with Crippen LogP contribution in [0.25, 0.3) is 0 Å². The first-order valence-corrected chi connectivity index (χ1v) is 20.8. The van der Waals surface area contributed by atoms with Gasteiger partial charge in [0.1, 0.15) is 0 Å². The summed E-state index contributed by atoms with van der Waals surface area (Å²) in [7, 11) is 4.24. The van der Waals surface area contributed by atoms with E-state index in [0.717, 1.165) is 83.8 Å². The van der Waals surface area contributed by atoms with E-state index in [1.165, 1.54) is 77.0 Å². The Morgan fingerprint density at radius 1 is 0.640 bits per heavy atom. The number of hydrogen-bond acceptors (Lipinski definition) is 6. The predicted octanol–water partition coefficient (Wildman–Crippen LogP) is 11.7. The fourth-order valence-corrected chi connectivity index (χ4v) is 6.25. The first kappa shape index (κ1) is 47.9. The maximum Gasteiger partial charge on any atom is 0.306 e. The van der Waals surface area contributed by atoms with Crippen LogP contribution < -0.4 is 0 Å². The molecule has 0 radical (unpaired) electrons. The van der Waals surface area contributed by atoms with Crippen molar-refractivity contribution >= 4 is 11.9 Å². The lowest BCUT2D eigenvalue weighted by atomic mass is 9.98. The van der Waals surface area contributed by atoms with Crippen molar-refractivity contribution in [3.05, 3.63) is 29.8 Å². The molecule has 0 bridgehead atoms. The van der Waals surface area contributed by atoms with Crippen LogP contribution in [-0.2, 0) is 23.8 Å². The number of ether oxygens (including phenoxy) is 3. The summed E-state index contributed by atoms with van der Waals surface area (Å²) in [5.41, 5.74) is 8.26.